The lowest BCUT2D eigenvalue weighted by Crippen LogP contribution is -2.50. The zero-order chi connectivity index (χ0) is 19.4. The van der Waals surface area contributed by atoms with E-state index >= 15 is 0 Å². The molecule has 0 N–H and O–H groups in total. The maximum Gasteiger partial charge on any atom is 0.260 e. The molecule has 1 amide bonds. The highest BCUT2D eigenvalue weighted by Gasteiger charge is 2.22. The second kappa shape index (κ2) is 8.19. The second-order valence-corrected chi connectivity index (χ2v) is 8.84. The van der Waals surface area contributed by atoms with Crippen molar-refractivity contribution in [2.75, 3.05) is 43.9 Å². The van der Waals surface area contributed by atoms with Crippen LogP contribution >= 0.6 is 11.6 Å². The molecule has 144 valence electrons. The second-order valence-electron chi connectivity index (χ2n) is 6.38. The van der Waals surface area contributed by atoms with Gasteiger partial charge in [0.05, 0.1) is 4.90 Å². The van der Waals surface area contributed by atoms with Gasteiger partial charge in [0.15, 0.2) is 16.4 Å². The normalized spacial score (nSPS) is 14.9. The molecule has 1 aliphatic rings. The van der Waals surface area contributed by atoms with E-state index in [1.807, 2.05) is 24.3 Å². The average molecular weight is 409 g/mol. The topological polar surface area (TPSA) is 66.9 Å². The van der Waals surface area contributed by atoms with E-state index in [4.69, 9.17) is 16.3 Å². The first-order valence-corrected chi connectivity index (χ1v) is 10.8. The molecule has 1 heterocycles. The molecule has 2 aromatic carbocycles. The van der Waals surface area contributed by atoms with Crippen LogP contribution in [-0.4, -0.2) is 58.3 Å². The zero-order valence-corrected chi connectivity index (χ0v) is 16.5. The Hall–Kier alpha value is -2.25. The van der Waals surface area contributed by atoms with Gasteiger partial charge >= 0.3 is 0 Å². The van der Waals surface area contributed by atoms with E-state index in [1.165, 1.54) is 12.1 Å². The number of sulfone groups is 1. The van der Waals surface area contributed by atoms with Gasteiger partial charge in [-0.25, -0.2) is 8.42 Å². The third kappa shape index (κ3) is 5.14. The molecular weight excluding hydrogens is 388 g/mol. The van der Waals surface area contributed by atoms with E-state index in [0.29, 0.717) is 23.9 Å². The van der Waals surface area contributed by atoms with Crippen molar-refractivity contribution in [2.45, 2.75) is 4.90 Å². The highest BCUT2D eigenvalue weighted by atomic mass is 35.5. The van der Waals surface area contributed by atoms with Crippen LogP contribution in [0.4, 0.5) is 5.69 Å². The fourth-order valence-electron chi connectivity index (χ4n) is 2.92. The van der Waals surface area contributed by atoms with Gasteiger partial charge in [0, 0.05) is 43.1 Å². The molecule has 0 radical (unpaired) electrons. The maximum atomic E-state index is 12.4. The van der Waals surface area contributed by atoms with Gasteiger partial charge in [-0.1, -0.05) is 23.7 Å². The van der Waals surface area contributed by atoms with Gasteiger partial charge in [0.2, 0.25) is 0 Å². The molecule has 0 bridgehead atoms. The molecule has 0 atom stereocenters. The minimum absolute atomic E-state index is 0.120. The van der Waals surface area contributed by atoms with Crippen molar-refractivity contribution in [3.8, 4) is 5.75 Å². The lowest BCUT2D eigenvalue weighted by molar-refractivity contribution is -0.133. The first-order chi connectivity index (χ1) is 12.8. The Kier molecular flexibility index (Phi) is 5.92. The van der Waals surface area contributed by atoms with Gasteiger partial charge in [0.1, 0.15) is 5.75 Å². The Morgan fingerprint density at radius 3 is 2.44 bits per heavy atom. The number of rotatable bonds is 5. The van der Waals surface area contributed by atoms with Crippen molar-refractivity contribution in [2.24, 2.45) is 0 Å². The predicted molar refractivity (Wildman–Crippen MR) is 105 cm³/mol. The van der Waals surface area contributed by atoms with Crippen LogP contribution in [0.15, 0.2) is 53.4 Å². The number of carbonyl (C=O) groups excluding carboxylic acids is 1. The largest absolute Gasteiger partial charge is 0.484 e. The van der Waals surface area contributed by atoms with Crippen molar-refractivity contribution < 1.29 is 17.9 Å². The lowest BCUT2D eigenvalue weighted by Gasteiger charge is -2.36. The summed E-state index contributed by atoms with van der Waals surface area (Å²) < 4.78 is 28.7. The number of carbonyl (C=O) groups is 1. The molecule has 6 nitrogen and oxygen atoms in total. The van der Waals surface area contributed by atoms with E-state index in [9.17, 15) is 13.2 Å². The molecule has 1 aliphatic heterocycles. The van der Waals surface area contributed by atoms with Gasteiger partial charge in [-0.05, 0) is 36.4 Å². The maximum absolute atomic E-state index is 12.4. The van der Waals surface area contributed by atoms with Crippen LogP contribution in [0, 0.1) is 0 Å². The number of piperazine rings is 1. The lowest BCUT2D eigenvalue weighted by atomic mass is 10.2. The molecule has 0 aromatic heterocycles. The summed E-state index contributed by atoms with van der Waals surface area (Å²) in [7, 11) is -3.31. The molecule has 2 aromatic rings. The predicted octanol–water partition coefficient (Wildman–Crippen LogP) is 2.47. The van der Waals surface area contributed by atoms with Gasteiger partial charge in [-0.15, -0.1) is 0 Å². The molecule has 1 fully saturated rings. The third-order valence-corrected chi connectivity index (χ3v) is 5.75. The van der Waals surface area contributed by atoms with E-state index < -0.39 is 9.84 Å². The fourth-order valence-corrected chi connectivity index (χ4v) is 3.76. The molecule has 1 saturated heterocycles. The third-order valence-electron chi connectivity index (χ3n) is 4.40. The van der Waals surface area contributed by atoms with Gasteiger partial charge in [-0.2, -0.15) is 0 Å². The van der Waals surface area contributed by atoms with Gasteiger partial charge in [0.25, 0.3) is 5.91 Å². The number of ether oxygens (including phenoxy) is 1. The highest BCUT2D eigenvalue weighted by Crippen LogP contribution is 2.21. The number of benzene rings is 2. The molecule has 0 saturated carbocycles. The number of nitrogens with zero attached hydrogens (tertiary/aromatic N) is 2. The Labute approximate surface area is 164 Å². The number of hydrogen-bond acceptors (Lipinski definition) is 5. The van der Waals surface area contributed by atoms with E-state index in [2.05, 4.69) is 4.90 Å². The molecule has 0 unspecified atom stereocenters. The molecule has 3 rings (SSSR count). The summed E-state index contributed by atoms with van der Waals surface area (Å²) in [6, 6.07) is 13.8. The van der Waals surface area contributed by atoms with Crippen LogP contribution in [-0.2, 0) is 14.6 Å². The Morgan fingerprint density at radius 1 is 1.07 bits per heavy atom. The van der Waals surface area contributed by atoms with Crippen molar-refractivity contribution in [3.63, 3.8) is 0 Å². The van der Waals surface area contributed by atoms with Gasteiger partial charge < -0.3 is 14.5 Å². The van der Waals surface area contributed by atoms with Crippen LogP contribution in [0.1, 0.15) is 0 Å². The minimum Gasteiger partial charge on any atom is -0.484 e. The summed E-state index contributed by atoms with van der Waals surface area (Å²) in [4.78, 5) is 16.5. The standard InChI is InChI=1S/C19H21ClN2O4S/c1-27(24,25)18-7-3-6-17(13-18)26-14-19(23)22-10-8-21(9-11-22)16-5-2-4-15(20)12-16/h2-7,12-13H,8-11,14H2,1H3. The Morgan fingerprint density at radius 2 is 1.78 bits per heavy atom. The molecule has 8 heteroatoms. The SMILES string of the molecule is CS(=O)(=O)c1cccc(OCC(=O)N2CCN(c3cccc(Cl)c3)CC2)c1. The molecule has 0 aliphatic carbocycles. The summed E-state index contributed by atoms with van der Waals surface area (Å²) in [5.41, 5.74) is 1.04. The molecule has 27 heavy (non-hydrogen) atoms. The Balaban J connectivity index is 1.53. The van der Waals surface area contributed by atoms with Crippen molar-refractivity contribution in [3.05, 3.63) is 53.6 Å². The number of halogens is 1. The monoisotopic (exact) mass is 408 g/mol. The number of amides is 1. The summed E-state index contributed by atoms with van der Waals surface area (Å²) in [5, 5.41) is 0.690. The first kappa shape index (κ1) is 19.5. The van der Waals surface area contributed by atoms with Crippen molar-refractivity contribution in [1.82, 2.24) is 4.90 Å². The zero-order valence-electron chi connectivity index (χ0n) is 15.0. The van der Waals surface area contributed by atoms with E-state index in [0.717, 1.165) is 25.0 Å². The quantitative estimate of drug-likeness (QED) is 0.760. The summed E-state index contributed by atoms with van der Waals surface area (Å²) in [6.07, 6.45) is 1.14. The summed E-state index contributed by atoms with van der Waals surface area (Å²) >= 11 is 6.04. The minimum atomic E-state index is -3.31. The molecular formula is C19H21ClN2O4S. The first-order valence-electron chi connectivity index (χ1n) is 8.54. The fraction of sp³-hybridized carbons (Fsp3) is 0.316. The highest BCUT2D eigenvalue weighted by molar-refractivity contribution is 7.90. The molecule has 0 spiro atoms. The van der Waals surface area contributed by atoms with E-state index in [-0.39, 0.29) is 17.4 Å². The van der Waals surface area contributed by atoms with Crippen LogP contribution < -0.4 is 9.64 Å². The number of hydrogen-bond donors (Lipinski definition) is 0. The van der Waals surface area contributed by atoms with Crippen molar-refractivity contribution in [1.29, 1.82) is 0 Å². The average Bonchev–Trinajstić information content (AvgIpc) is 2.66. The van der Waals surface area contributed by atoms with Crippen LogP contribution in [0.25, 0.3) is 0 Å². The van der Waals surface area contributed by atoms with Gasteiger partial charge in [-0.3, -0.25) is 4.79 Å². The van der Waals surface area contributed by atoms with Crippen LogP contribution in [0.3, 0.4) is 0 Å². The van der Waals surface area contributed by atoms with E-state index in [1.54, 1.807) is 17.0 Å². The Bertz CT molecular complexity index is 925. The van der Waals surface area contributed by atoms with Crippen molar-refractivity contribution >= 4 is 33.0 Å². The summed E-state index contributed by atoms with van der Waals surface area (Å²) in [5.74, 6) is 0.245. The van der Waals surface area contributed by atoms with Crippen LogP contribution in [0.5, 0.6) is 5.75 Å². The van der Waals surface area contributed by atoms with Crippen LogP contribution in [0.2, 0.25) is 5.02 Å². The number of anilines is 1. The smallest absolute Gasteiger partial charge is 0.260 e. The summed E-state index contributed by atoms with van der Waals surface area (Å²) in [6.45, 7) is 2.51.